The van der Waals surface area contributed by atoms with Crippen molar-refractivity contribution in [1.82, 2.24) is 4.98 Å². The van der Waals surface area contributed by atoms with Gasteiger partial charge in [0.15, 0.2) is 6.29 Å². The Morgan fingerprint density at radius 3 is 2.83 bits per heavy atom. The number of ether oxygens (including phenoxy) is 1. The molecule has 18 heavy (non-hydrogen) atoms. The van der Waals surface area contributed by atoms with Crippen LogP contribution in [-0.2, 0) is 6.61 Å². The molecule has 0 fully saturated rings. The summed E-state index contributed by atoms with van der Waals surface area (Å²) in [6.07, 6.45) is 0.704. The fraction of sp³-hybridized carbons (Fsp3) is 0.231. The topological polar surface area (TPSA) is 39.2 Å². The fourth-order valence-electron chi connectivity index (χ4n) is 1.50. The van der Waals surface area contributed by atoms with E-state index in [0.717, 1.165) is 10.7 Å². The van der Waals surface area contributed by atoms with Crippen molar-refractivity contribution in [2.45, 2.75) is 20.5 Å². The van der Waals surface area contributed by atoms with E-state index in [1.54, 1.807) is 29.5 Å². The molecule has 0 N–H and O–H groups in total. The van der Waals surface area contributed by atoms with Gasteiger partial charge >= 0.3 is 0 Å². The van der Waals surface area contributed by atoms with Gasteiger partial charge in [0, 0.05) is 4.88 Å². The van der Waals surface area contributed by atoms with Crippen molar-refractivity contribution >= 4 is 29.2 Å². The highest BCUT2D eigenvalue weighted by Gasteiger charge is 2.09. The van der Waals surface area contributed by atoms with Crippen LogP contribution in [0.5, 0.6) is 5.75 Å². The molecule has 0 amide bonds. The zero-order chi connectivity index (χ0) is 13.1. The molecule has 0 saturated carbocycles. The standard InChI is InChI=1S/C13H12ClNO2S/c1-8-9(2)18-13(15-8)7-17-12-5-3-4-11(14)10(12)6-16/h3-6H,7H2,1-2H3. The van der Waals surface area contributed by atoms with Crippen molar-refractivity contribution in [3.8, 4) is 5.75 Å². The van der Waals surface area contributed by atoms with Crippen LogP contribution >= 0.6 is 22.9 Å². The molecule has 0 aliphatic rings. The second kappa shape index (κ2) is 5.50. The lowest BCUT2D eigenvalue weighted by Gasteiger charge is -2.07. The monoisotopic (exact) mass is 281 g/mol. The maximum absolute atomic E-state index is 10.9. The van der Waals surface area contributed by atoms with Crippen LogP contribution in [0.3, 0.4) is 0 Å². The number of halogens is 1. The lowest BCUT2D eigenvalue weighted by Crippen LogP contribution is -1.98. The number of aromatic nitrogens is 1. The van der Waals surface area contributed by atoms with Crippen molar-refractivity contribution in [3.63, 3.8) is 0 Å². The van der Waals surface area contributed by atoms with Gasteiger partial charge in [0.1, 0.15) is 17.4 Å². The number of nitrogens with zero attached hydrogens (tertiary/aromatic N) is 1. The van der Waals surface area contributed by atoms with E-state index in [1.165, 1.54) is 4.88 Å². The van der Waals surface area contributed by atoms with Crippen molar-refractivity contribution in [3.05, 3.63) is 44.4 Å². The van der Waals surface area contributed by atoms with Gasteiger partial charge in [-0.1, -0.05) is 17.7 Å². The van der Waals surface area contributed by atoms with Crippen molar-refractivity contribution < 1.29 is 9.53 Å². The Bertz CT molecular complexity index is 561. The van der Waals surface area contributed by atoms with Gasteiger partial charge in [-0.05, 0) is 26.0 Å². The first kappa shape index (κ1) is 13.1. The number of carbonyl (C=O) groups is 1. The third-order valence-corrected chi connectivity index (χ3v) is 3.93. The number of aldehydes is 1. The largest absolute Gasteiger partial charge is 0.486 e. The molecule has 0 unspecified atom stereocenters. The zero-order valence-corrected chi connectivity index (χ0v) is 11.6. The van der Waals surface area contributed by atoms with Crippen LogP contribution in [0.15, 0.2) is 18.2 Å². The summed E-state index contributed by atoms with van der Waals surface area (Å²) in [5, 5.41) is 1.29. The molecule has 1 aromatic carbocycles. The van der Waals surface area contributed by atoms with Gasteiger partial charge in [0.05, 0.1) is 16.3 Å². The van der Waals surface area contributed by atoms with Gasteiger partial charge < -0.3 is 4.74 Å². The van der Waals surface area contributed by atoms with Gasteiger partial charge in [-0.15, -0.1) is 11.3 Å². The minimum Gasteiger partial charge on any atom is -0.486 e. The Morgan fingerprint density at radius 1 is 1.44 bits per heavy atom. The molecule has 1 aromatic heterocycles. The first-order chi connectivity index (χ1) is 8.61. The maximum Gasteiger partial charge on any atom is 0.155 e. The fourth-order valence-corrected chi connectivity index (χ4v) is 2.56. The molecule has 0 aliphatic carbocycles. The second-order valence-corrected chi connectivity index (χ2v) is 5.50. The Balaban J connectivity index is 2.15. The van der Waals surface area contributed by atoms with Crippen molar-refractivity contribution in [2.24, 2.45) is 0 Å². The van der Waals surface area contributed by atoms with E-state index in [2.05, 4.69) is 4.98 Å². The minimum atomic E-state index is 0.348. The summed E-state index contributed by atoms with van der Waals surface area (Å²) >= 11 is 7.51. The molecule has 0 radical (unpaired) electrons. The summed E-state index contributed by atoms with van der Waals surface area (Å²) in [6.45, 7) is 4.33. The summed E-state index contributed by atoms with van der Waals surface area (Å²) in [4.78, 5) is 16.5. The number of rotatable bonds is 4. The molecule has 0 spiro atoms. The predicted molar refractivity (Wildman–Crippen MR) is 72.8 cm³/mol. The summed E-state index contributed by atoms with van der Waals surface area (Å²) < 4.78 is 5.60. The average molecular weight is 282 g/mol. The van der Waals surface area contributed by atoms with E-state index in [1.807, 2.05) is 13.8 Å². The molecule has 1 heterocycles. The van der Waals surface area contributed by atoms with Gasteiger partial charge in [-0.2, -0.15) is 0 Å². The molecular formula is C13H12ClNO2S. The summed E-state index contributed by atoms with van der Waals surface area (Å²) in [5.74, 6) is 0.489. The van der Waals surface area contributed by atoms with Gasteiger partial charge in [0.2, 0.25) is 0 Å². The summed E-state index contributed by atoms with van der Waals surface area (Å²) in [6, 6.07) is 5.14. The summed E-state index contributed by atoms with van der Waals surface area (Å²) in [5.41, 5.74) is 1.39. The minimum absolute atomic E-state index is 0.348. The van der Waals surface area contributed by atoms with Crippen LogP contribution in [-0.4, -0.2) is 11.3 Å². The smallest absolute Gasteiger partial charge is 0.155 e. The molecule has 0 atom stereocenters. The molecule has 3 nitrogen and oxygen atoms in total. The normalized spacial score (nSPS) is 10.4. The zero-order valence-electron chi connectivity index (χ0n) is 10.1. The molecule has 0 saturated heterocycles. The van der Waals surface area contributed by atoms with Gasteiger partial charge in [-0.25, -0.2) is 4.98 Å². The van der Waals surface area contributed by atoms with Crippen LogP contribution in [0.4, 0.5) is 0 Å². The molecular weight excluding hydrogens is 270 g/mol. The van der Waals surface area contributed by atoms with Crippen LogP contribution in [0.1, 0.15) is 25.9 Å². The van der Waals surface area contributed by atoms with Gasteiger partial charge in [-0.3, -0.25) is 4.79 Å². The van der Waals surface area contributed by atoms with Crippen molar-refractivity contribution in [2.75, 3.05) is 0 Å². The Hall–Kier alpha value is -1.39. The highest BCUT2D eigenvalue weighted by atomic mass is 35.5. The predicted octanol–water partition coefficient (Wildman–Crippen LogP) is 3.80. The van der Waals surface area contributed by atoms with Crippen LogP contribution < -0.4 is 4.74 Å². The Kier molecular flexibility index (Phi) is 3.99. The summed E-state index contributed by atoms with van der Waals surface area (Å²) in [7, 11) is 0. The Labute approximate surface area is 114 Å². The quantitative estimate of drug-likeness (QED) is 0.800. The molecule has 94 valence electrons. The first-order valence-corrected chi connectivity index (χ1v) is 6.60. The lowest BCUT2D eigenvalue weighted by atomic mass is 10.2. The third kappa shape index (κ3) is 2.71. The molecule has 0 aliphatic heterocycles. The Morgan fingerprint density at radius 2 is 2.22 bits per heavy atom. The van der Waals surface area contributed by atoms with Gasteiger partial charge in [0.25, 0.3) is 0 Å². The molecule has 0 bridgehead atoms. The highest BCUT2D eigenvalue weighted by Crippen LogP contribution is 2.26. The first-order valence-electron chi connectivity index (χ1n) is 5.41. The van der Waals surface area contributed by atoms with E-state index in [0.29, 0.717) is 29.2 Å². The lowest BCUT2D eigenvalue weighted by molar-refractivity contribution is 0.111. The second-order valence-electron chi connectivity index (χ2n) is 3.81. The van der Waals surface area contributed by atoms with E-state index >= 15 is 0 Å². The average Bonchev–Trinajstić information content (AvgIpc) is 2.66. The molecule has 2 aromatic rings. The van der Waals surface area contributed by atoms with E-state index in [9.17, 15) is 4.79 Å². The SMILES string of the molecule is Cc1nc(COc2cccc(Cl)c2C=O)sc1C. The van der Waals surface area contributed by atoms with Crippen LogP contribution in [0.2, 0.25) is 5.02 Å². The number of benzene rings is 1. The number of thiazole rings is 1. The van der Waals surface area contributed by atoms with Crippen molar-refractivity contribution in [1.29, 1.82) is 0 Å². The molecule has 2 rings (SSSR count). The van der Waals surface area contributed by atoms with E-state index < -0.39 is 0 Å². The maximum atomic E-state index is 10.9. The number of hydrogen-bond donors (Lipinski definition) is 0. The van der Waals surface area contributed by atoms with Crippen LogP contribution in [0.25, 0.3) is 0 Å². The number of hydrogen-bond acceptors (Lipinski definition) is 4. The van der Waals surface area contributed by atoms with E-state index in [-0.39, 0.29) is 0 Å². The van der Waals surface area contributed by atoms with E-state index in [4.69, 9.17) is 16.3 Å². The van der Waals surface area contributed by atoms with Crippen LogP contribution in [0, 0.1) is 13.8 Å². The number of carbonyl (C=O) groups excluding carboxylic acids is 1. The number of aryl methyl sites for hydroxylation is 2. The third-order valence-electron chi connectivity index (χ3n) is 2.55. The highest BCUT2D eigenvalue weighted by molar-refractivity contribution is 7.11. The molecule has 5 heteroatoms.